The summed E-state index contributed by atoms with van der Waals surface area (Å²) in [5.74, 6) is 7.19. The Morgan fingerprint density at radius 3 is 3.10 bits per heavy atom. The first-order valence-corrected chi connectivity index (χ1v) is 7.94. The van der Waals surface area contributed by atoms with Crippen LogP contribution in [0.2, 0.25) is 0 Å². The van der Waals surface area contributed by atoms with E-state index < -0.39 is 0 Å². The van der Waals surface area contributed by atoms with Gasteiger partial charge in [-0.1, -0.05) is 0 Å². The smallest absolute Gasteiger partial charge is 0.129 e. The zero-order chi connectivity index (χ0) is 14.0. The van der Waals surface area contributed by atoms with E-state index in [9.17, 15) is 0 Å². The number of hydrazine groups is 1. The lowest BCUT2D eigenvalue weighted by atomic mass is 9.81. The van der Waals surface area contributed by atoms with Crippen LogP contribution in [-0.4, -0.2) is 32.5 Å². The Balaban J connectivity index is 1.75. The molecule has 1 aromatic heterocycles. The molecule has 1 aromatic rings. The van der Waals surface area contributed by atoms with Gasteiger partial charge in [0.25, 0.3) is 0 Å². The Bertz CT molecular complexity index is 445. The fraction of sp³-hybridized carbons (Fsp3) is 0.714. The molecule has 3 rings (SSSR count). The predicted octanol–water partition coefficient (Wildman–Crippen LogP) is 1.85. The summed E-state index contributed by atoms with van der Waals surface area (Å²) in [5.41, 5.74) is 2.91. The second kappa shape index (κ2) is 5.99. The summed E-state index contributed by atoms with van der Waals surface area (Å²) < 4.78 is 16.8. The number of hydrogen-bond donors (Lipinski definition) is 2. The Morgan fingerprint density at radius 1 is 1.55 bits per heavy atom. The third-order valence-corrected chi connectivity index (χ3v) is 5.38. The summed E-state index contributed by atoms with van der Waals surface area (Å²) in [4.78, 5) is 1.23. The standard InChI is InChI=1S/C14H22N2O3S/c1-17-11-6-12(20-8-11)13(16-15)10-2-4-19-14(7-10)3-5-18-9-14/h6,8,10,13,16H,2-5,7,9,15H2,1H3. The number of ether oxygens (including phenoxy) is 3. The minimum atomic E-state index is -0.0840. The maximum atomic E-state index is 6.00. The normalized spacial score (nSPS) is 31.6. The Morgan fingerprint density at radius 2 is 2.45 bits per heavy atom. The largest absolute Gasteiger partial charge is 0.496 e. The molecule has 3 heterocycles. The van der Waals surface area contributed by atoms with Crippen LogP contribution >= 0.6 is 11.3 Å². The Kier molecular flexibility index (Phi) is 4.28. The monoisotopic (exact) mass is 298 g/mol. The number of methoxy groups -OCH3 is 1. The number of hydrogen-bond acceptors (Lipinski definition) is 6. The van der Waals surface area contributed by atoms with Crippen molar-refractivity contribution < 1.29 is 14.2 Å². The summed E-state index contributed by atoms with van der Waals surface area (Å²) in [6.07, 6.45) is 3.02. The van der Waals surface area contributed by atoms with Crippen LogP contribution in [0.15, 0.2) is 11.4 Å². The molecule has 2 saturated heterocycles. The van der Waals surface area contributed by atoms with Gasteiger partial charge in [-0.15, -0.1) is 11.3 Å². The van der Waals surface area contributed by atoms with Crippen molar-refractivity contribution in [2.75, 3.05) is 26.9 Å². The van der Waals surface area contributed by atoms with Crippen molar-refractivity contribution in [3.05, 3.63) is 16.3 Å². The second-order valence-electron chi connectivity index (χ2n) is 5.62. The van der Waals surface area contributed by atoms with Crippen LogP contribution in [-0.2, 0) is 9.47 Å². The van der Waals surface area contributed by atoms with Gasteiger partial charge in [-0.05, 0) is 24.8 Å². The number of rotatable bonds is 4. The molecule has 2 aliphatic heterocycles. The van der Waals surface area contributed by atoms with E-state index in [2.05, 4.69) is 11.5 Å². The highest BCUT2D eigenvalue weighted by atomic mass is 32.1. The second-order valence-corrected chi connectivity index (χ2v) is 6.56. The van der Waals surface area contributed by atoms with Crippen molar-refractivity contribution in [2.45, 2.75) is 30.9 Å². The van der Waals surface area contributed by atoms with Crippen molar-refractivity contribution >= 4 is 11.3 Å². The van der Waals surface area contributed by atoms with Crippen molar-refractivity contribution in [3.8, 4) is 5.75 Å². The molecule has 6 heteroatoms. The molecular formula is C14H22N2O3S. The van der Waals surface area contributed by atoms with Crippen molar-refractivity contribution in [1.82, 2.24) is 5.43 Å². The van der Waals surface area contributed by atoms with Gasteiger partial charge in [-0.25, -0.2) is 0 Å². The highest BCUT2D eigenvalue weighted by molar-refractivity contribution is 7.10. The lowest BCUT2D eigenvalue weighted by Crippen LogP contribution is -2.45. The molecule has 5 nitrogen and oxygen atoms in total. The molecule has 2 aliphatic rings. The lowest BCUT2D eigenvalue weighted by molar-refractivity contribution is -0.103. The van der Waals surface area contributed by atoms with Crippen molar-refractivity contribution in [3.63, 3.8) is 0 Å². The minimum Gasteiger partial charge on any atom is -0.496 e. The molecule has 0 bridgehead atoms. The van der Waals surface area contributed by atoms with Crippen LogP contribution < -0.4 is 16.0 Å². The number of nitrogens with two attached hydrogens (primary N) is 1. The molecule has 20 heavy (non-hydrogen) atoms. The molecule has 2 fully saturated rings. The third kappa shape index (κ3) is 2.71. The quantitative estimate of drug-likeness (QED) is 0.656. The molecule has 112 valence electrons. The molecule has 0 amide bonds. The maximum Gasteiger partial charge on any atom is 0.129 e. The fourth-order valence-electron chi connectivity index (χ4n) is 3.27. The molecule has 0 radical (unpaired) electrons. The van der Waals surface area contributed by atoms with Gasteiger partial charge < -0.3 is 14.2 Å². The third-order valence-electron chi connectivity index (χ3n) is 4.39. The Labute approximate surface area is 123 Å². The molecule has 3 N–H and O–H groups in total. The van der Waals surface area contributed by atoms with E-state index in [1.54, 1.807) is 18.4 Å². The molecular weight excluding hydrogens is 276 g/mol. The van der Waals surface area contributed by atoms with E-state index in [0.29, 0.717) is 12.5 Å². The number of thiophene rings is 1. The highest BCUT2D eigenvalue weighted by Crippen LogP contribution is 2.42. The summed E-state index contributed by atoms with van der Waals surface area (Å²) >= 11 is 1.69. The first kappa shape index (κ1) is 14.3. The summed E-state index contributed by atoms with van der Waals surface area (Å²) in [6, 6.07) is 2.23. The zero-order valence-corrected chi connectivity index (χ0v) is 12.6. The van der Waals surface area contributed by atoms with Crippen LogP contribution in [0.25, 0.3) is 0 Å². The van der Waals surface area contributed by atoms with Gasteiger partial charge in [0.15, 0.2) is 0 Å². The molecule has 0 aliphatic carbocycles. The van der Waals surface area contributed by atoms with Crippen LogP contribution in [0.3, 0.4) is 0 Å². The highest BCUT2D eigenvalue weighted by Gasteiger charge is 2.43. The Hall–Kier alpha value is -0.660. The number of nitrogens with one attached hydrogen (secondary N) is 1. The van der Waals surface area contributed by atoms with E-state index >= 15 is 0 Å². The summed E-state index contributed by atoms with van der Waals surface area (Å²) in [6.45, 7) is 2.31. The van der Waals surface area contributed by atoms with Gasteiger partial charge in [-0.3, -0.25) is 11.3 Å². The maximum absolute atomic E-state index is 6.00. The first-order valence-electron chi connectivity index (χ1n) is 7.06. The molecule has 0 saturated carbocycles. The van der Waals surface area contributed by atoms with Gasteiger partial charge >= 0.3 is 0 Å². The van der Waals surface area contributed by atoms with Gasteiger partial charge in [-0.2, -0.15) is 0 Å². The van der Waals surface area contributed by atoms with E-state index in [0.717, 1.165) is 38.2 Å². The van der Waals surface area contributed by atoms with Gasteiger partial charge in [0.1, 0.15) is 5.75 Å². The SMILES string of the molecule is COc1csc(C(NN)C2CCOC3(CCOC3)C2)c1. The fourth-order valence-corrected chi connectivity index (χ4v) is 4.28. The molecule has 3 atom stereocenters. The average molecular weight is 298 g/mol. The zero-order valence-electron chi connectivity index (χ0n) is 11.8. The first-order chi connectivity index (χ1) is 9.76. The van der Waals surface area contributed by atoms with Crippen LogP contribution in [0.1, 0.15) is 30.2 Å². The molecule has 3 unspecified atom stereocenters. The predicted molar refractivity (Wildman–Crippen MR) is 77.8 cm³/mol. The summed E-state index contributed by atoms with van der Waals surface area (Å²) in [5, 5.41) is 2.02. The summed E-state index contributed by atoms with van der Waals surface area (Å²) in [7, 11) is 1.69. The van der Waals surface area contributed by atoms with E-state index in [1.165, 1.54) is 4.88 Å². The van der Waals surface area contributed by atoms with E-state index in [-0.39, 0.29) is 11.6 Å². The topological polar surface area (TPSA) is 65.7 Å². The van der Waals surface area contributed by atoms with Crippen LogP contribution in [0.4, 0.5) is 0 Å². The van der Waals surface area contributed by atoms with E-state index in [1.807, 2.05) is 5.38 Å². The van der Waals surface area contributed by atoms with Gasteiger partial charge in [0.2, 0.25) is 0 Å². The average Bonchev–Trinajstić information content (AvgIpc) is 3.10. The van der Waals surface area contributed by atoms with Crippen molar-refractivity contribution in [1.29, 1.82) is 0 Å². The van der Waals surface area contributed by atoms with E-state index in [4.69, 9.17) is 20.1 Å². The lowest BCUT2D eigenvalue weighted by Gasteiger charge is -2.40. The minimum absolute atomic E-state index is 0.0840. The van der Waals surface area contributed by atoms with Gasteiger partial charge in [0, 0.05) is 29.9 Å². The van der Waals surface area contributed by atoms with Crippen LogP contribution in [0.5, 0.6) is 5.75 Å². The molecule has 0 aromatic carbocycles. The molecule has 1 spiro atoms. The van der Waals surface area contributed by atoms with Gasteiger partial charge in [0.05, 0.1) is 25.4 Å². The van der Waals surface area contributed by atoms with Crippen LogP contribution in [0, 0.1) is 5.92 Å². The van der Waals surface area contributed by atoms with Crippen molar-refractivity contribution in [2.24, 2.45) is 11.8 Å².